The maximum Gasteiger partial charge on any atom is 0.226 e. The standard InChI is InChI=1S/C16H24N2O2/c1-13-6-5-10-18(15(13)12-17)16(19)9-11-20-14-7-3-2-4-8-14/h2-4,7-8,13,15H,5-6,9-12,17H2,1H3/t13-,15+/m0/s1. The van der Waals surface area contributed by atoms with Gasteiger partial charge in [-0.15, -0.1) is 0 Å². The number of hydrogen-bond donors (Lipinski definition) is 1. The highest BCUT2D eigenvalue weighted by molar-refractivity contribution is 5.76. The van der Waals surface area contributed by atoms with Crippen LogP contribution in [0.3, 0.4) is 0 Å². The number of nitrogens with zero attached hydrogens (tertiary/aromatic N) is 1. The van der Waals surface area contributed by atoms with E-state index in [2.05, 4.69) is 6.92 Å². The van der Waals surface area contributed by atoms with Crippen LogP contribution in [0.2, 0.25) is 0 Å². The second-order valence-electron chi connectivity index (χ2n) is 5.42. The molecule has 0 bridgehead atoms. The van der Waals surface area contributed by atoms with E-state index in [4.69, 9.17) is 10.5 Å². The van der Waals surface area contributed by atoms with Crippen LogP contribution < -0.4 is 10.5 Å². The Morgan fingerprint density at radius 3 is 2.85 bits per heavy atom. The van der Waals surface area contributed by atoms with E-state index in [1.54, 1.807) is 0 Å². The van der Waals surface area contributed by atoms with Gasteiger partial charge >= 0.3 is 0 Å². The van der Waals surface area contributed by atoms with Crippen molar-refractivity contribution >= 4 is 5.91 Å². The molecule has 1 fully saturated rings. The first kappa shape index (κ1) is 14.9. The Labute approximate surface area is 120 Å². The van der Waals surface area contributed by atoms with Crippen molar-refractivity contribution in [2.45, 2.75) is 32.2 Å². The summed E-state index contributed by atoms with van der Waals surface area (Å²) >= 11 is 0. The van der Waals surface area contributed by atoms with Gasteiger partial charge in [-0.3, -0.25) is 4.79 Å². The maximum atomic E-state index is 12.3. The van der Waals surface area contributed by atoms with Gasteiger partial charge in [-0.05, 0) is 30.9 Å². The summed E-state index contributed by atoms with van der Waals surface area (Å²) in [4.78, 5) is 14.2. The summed E-state index contributed by atoms with van der Waals surface area (Å²) in [5.74, 6) is 1.46. The zero-order valence-corrected chi connectivity index (χ0v) is 12.1. The Morgan fingerprint density at radius 1 is 1.40 bits per heavy atom. The number of piperidine rings is 1. The third kappa shape index (κ3) is 3.73. The van der Waals surface area contributed by atoms with Crippen LogP contribution in [0.4, 0.5) is 0 Å². The van der Waals surface area contributed by atoms with E-state index in [0.717, 1.165) is 25.1 Å². The van der Waals surface area contributed by atoms with Crippen LogP contribution >= 0.6 is 0 Å². The SMILES string of the molecule is C[C@H]1CCCN(C(=O)CCOc2ccccc2)[C@@H]1CN. The van der Waals surface area contributed by atoms with Gasteiger partial charge in [0.25, 0.3) is 0 Å². The predicted octanol–water partition coefficient (Wildman–Crippen LogP) is 2.04. The molecule has 1 aromatic carbocycles. The fourth-order valence-corrected chi connectivity index (χ4v) is 2.83. The number of ether oxygens (including phenoxy) is 1. The molecule has 1 heterocycles. The molecule has 2 atom stereocenters. The molecule has 0 unspecified atom stereocenters. The van der Waals surface area contributed by atoms with E-state index in [0.29, 0.717) is 25.5 Å². The number of hydrogen-bond acceptors (Lipinski definition) is 3. The van der Waals surface area contributed by atoms with Crippen LogP contribution in [-0.4, -0.2) is 36.5 Å². The number of likely N-dealkylation sites (tertiary alicyclic amines) is 1. The Bertz CT molecular complexity index is 422. The molecule has 2 N–H and O–H groups in total. The summed E-state index contributed by atoms with van der Waals surface area (Å²) in [5.41, 5.74) is 5.82. The third-order valence-electron chi connectivity index (χ3n) is 4.01. The van der Waals surface area contributed by atoms with Crippen LogP contribution in [0, 0.1) is 5.92 Å². The van der Waals surface area contributed by atoms with Gasteiger partial charge in [-0.2, -0.15) is 0 Å². The summed E-state index contributed by atoms with van der Waals surface area (Å²) < 4.78 is 5.58. The molecule has 1 amide bonds. The number of rotatable bonds is 5. The van der Waals surface area contributed by atoms with Gasteiger partial charge in [0.15, 0.2) is 0 Å². The average Bonchev–Trinajstić information content (AvgIpc) is 2.48. The minimum Gasteiger partial charge on any atom is -0.493 e. The maximum absolute atomic E-state index is 12.3. The summed E-state index contributed by atoms with van der Waals surface area (Å²) in [5, 5.41) is 0. The molecule has 0 spiro atoms. The van der Waals surface area contributed by atoms with Crippen LogP contribution in [-0.2, 0) is 4.79 Å². The minimum atomic E-state index is 0.155. The lowest BCUT2D eigenvalue weighted by Gasteiger charge is -2.39. The molecular weight excluding hydrogens is 252 g/mol. The van der Waals surface area contributed by atoms with E-state index < -0.39 is 0 Å². The minimum absolute atomic E-state index is 0.155. The second kappa shape index (κ2) is 7.29. The first-order valence-corrected chi connectivity index (χ1v) is 7.39. The van der Waals surface area contributed by atoms with E-state index in [-0.39, 0.29) is 11.9 Å². The van der Waals surface area contributed by atoms with Gasteiger partial charge in [0.05, 0.1) is 13.0 Å². The Kier molecular flexibility index (Phi) is 5.41. The van der Waals surface area contributed by atoms with Gasteiger partial charge in [0.2, 0.25) is 5.91 Å². The van der Waals surface area contributed by atoms with Crippen LogP contribution in [0.1, 0.15) is 26.2 Å². The lowest BCUT2D eigenvalue weighted by atomic mass is 9.90. The van der Waals surface area contributed by atoms with Crippen LogP contribution in [0.5, 0.6) is 5.75 Å². The number of para-hydroxylation sites is 1. The predicted molar refractivity (Wildman–Crippen MR) is 79.5 cm³/mol. The normalized spacial score (nSPS) is 22.6. The fourth-order valence-electron chi connectivity index (χ4n) is 2.83. The van der Waals surface area contributed by atoms with E-state index in [9.17, 15) is 4.79 Å². The Hall–Kier alpha value is -1.55. The highest BCUT2D eigenvalue weighted by atomic mass is 16.5. The molecule has 0 radical (unpaired) electrons. The highest BCUT2D eigenvalue weighted by Gasteiger charge is 2.30. The van der Waals surface area contributed by atoms with Crippen molar-refractivity contribution in [2.24, 2.45) is 11.7 Å². The monoisotopic (exact) mass is 276 g/mol. The molecule has 0 aromatic heterocycles. The summed E-state index contributed by atoms with van der Waals surface area (Å²) in [6.07, 6.45) is 2.65. The number of carbonyl (C=O) groups is 1. The van der Waals surface area contributed by atoms with Gasteiger partial charge in [-0.1, -0.05) is 25.1 Å². The lowest BCUT2D eigenvalue weighted by Crippen LogP contribution is -2.51. The molecule has 1 aliphatic heterocycles. The largest absolute Gasteiger partial charge is 0.493 e. The molecule has 110 valence electrons. The molecule has 2 rings (SSSR count). The molecule has 0 saturated carbocycles. The summed E-state index contributed by atoms with van der Waals surface area (Å²) in [6.45, 7) is 3.98. The van der Waals surface area contributed by atoms with Crippen molar-refractivity contribution < 1.29 is 9.53 Å². The number of carbonyl (C=O) groups excluding carboxylic acids is 1. The molecule has 20 heavy (non-hydrogen) atoms. The first-order valence-electron chi connectivity index (χ1n) is 7.39. The Balaban J connectivity index is 1.82. The number of amides is 1. The van der Waals surface area contributed by atoms with Gasteiger partial charge in [0, 0.05) is 19.1 Å². The molecule has 4 heteroatoms. The molecular formula is C16H24N2O2. The van der Waals surface area contributed by atoms with Crippen molar-refractivity contribution in [2.75, 3.05) is 19.7 Å². The van der Waals surface area contributed by atoms with Crippen LogP contribution in [0.25, 0.3) is 0 Å². The number of benzene rings is 1. The smallest absolute Gasteiger partial charge is 0.226 e. The van der Waals surface area contributed by atoms with Gasteiger partial charge < -0.3 is 15.4 Å². The number of nitrogens with two attached hydrogens (primary N) is 1. The van der Waals surface area contributed by atoms with Crippen molar-refractivity contribution in [1.82, 2.24) is 4.90 Å². The quantitative estimate of drug-likeness (QED) is 0.895. The molecule has 4 nitrogen and oxygen atoms in total. The van der Waals surface area contributed by atoms with Gasteiger partial charge in [0.1, 0.15) is 5.75 Å². The summed E-state index contributed by atoms with van der Waals surface area (Å²) in [7, 11) is 0. The zero-order valence-electron chi connectivity index (χ0n) is 12.1. The molecule has 1 aliphatic rings. The summed E-state index contributed by atoms with van der Waals surface area (Å²) in [6, 6.07) is 9.78. The zero-order chi connectivity index (χ0) is 14.4. The van der Waals surface area contributed by atoms with Crippen molar-refractivity contribution in [3.63, 3.8) is 0 Å². The van der Waals surface area contributed by atoms with E-state index in [1.807, 2.05) is 35.2 Å². The topological polar surface area (TPSA) is 55.6 Å². The second-order valence-corrected chi connectivity index (χ2v) is 5.42. The van der Waals surface area contributed by atoms with Crippen molar-refractivity contribution in [3.05, 3.63) is 30.3 Å². The fraction of sp³-hybridized carbons (Fsp3) is 0.562. The highest BCUT2D eigenvalue weighted by Crippen LogP contribution is 2.23. The Morgan fingerprint density at radius 2 is 2.15 bits per heavy atom. The van der Waals surface area contributed by atoms with Gasteiger partial charge in [-0.25, -0.2) is 0 Å². The van der Waals surface area contributed by atoms with Crippen molar-refractivity contribution in [3.8, 4) is 5.75 Å². The third-order valence-corrected chi connectivity index (χ3v) is 4.01. The molecule has 1 saturated heterocycles. The molecule has 1 aromatic rings. The van der Waals surface area contributed by atoms with Crippen molar-refractivity contribution in [1.29, 1.82) is 0 Å². The lowest BCUT2D eigenvalue weighted by molar-refractivity contribution is -0.136. The molecule has 0 aliphatic carbocycles. The van der Waals surface area contributed by atoms with E-state index >= 15 is 0 Å². The van der Waals surface area contributed by atoms with Crippen LogP contribution in [0.15, 0.2) is 30.3 Å². The van der Waals surface area contributed by atoms with E-state index in [1.165, 1.54) is 0 Å². The first-order chi connectivity index (χ1) is 9.72. The average molecular weight is 276 g/mol.